The molecule has 2 aromatic carbocycles. The Morgan fingerprint density at radius 1 is 1.00 bits per heavy atom. The number of nitrogens with one attached hydrogen (secondary N) is 1. The topological polar surface area (TPSA) is 128 Å². The van der Waals surface area contributed by atoms with Gasteiger partial charge in [0.15, 0.2) is 0 Å². The molecule has 11 heteroatoms. The van der Waals surface area contributed by atoms with E-state index >= 15 is 0 Å². The van der Waals surface area contributed by atoms with Crippen LogP contribution in [0.2, 0.25) is 0 Å². The van der Waals surface area contributed by atoms with Gasteiger partial charge in [-0.05, 0) is 56.3 Å². The van der Waals surface area contributed by atoms with Gasteiger partial charge in [0.2, 0.25) is 15.9 Å². The number of ether oxygens (including phenoxy) is 3. The van der Waals surface area contributed by atoms with E-state index in [1.54, 1.807) is 12.1 Å². The molecule has 0 fully saturated rings. The number of amides is 1. The number of rotatable bonds is 9. The molecular weight excluding hydrogens is 452 g/mol. The zero-order valence-corrected chi connectivity index (χ0v) is 19.8. The Morgan fingerprint density at radius 2 is 1.61 bits per heavy atom. The smallest absolute Gasteiger partial charge is 0.339 e. The van der Waals surface area contributed by atoms with Crippen LogP contribution >= 0.6 is 0 Å². The molecule has 2 aromatic rings. The number of sulfonamides is 1. The number of carbonyl (C=O) groups excluding carboxylic acids is 3. The third-order valence-electron chi connectivity index (χ3n) is 4.59. The fourth-order valence-corrected chi connectivity index (χ4v) is 4.26. The molecule has 0 saturated heterocycles. The fourth-order valence-electron chi connectivity index (χ4n) is 3.08. The predicted octanol–water partition coefficient (Wildman–Crippen LogP) is 2.45. The first-order chi connectivity index (χ1) is 15.5. The van der Waals surface area contributed by atoms with Gasteiger partial charge in [0.05, 0.1) is 49.6 Å². The first kappa shape index (κ1) is 25.7. The quantitative estimate of drug-likeness (QED) is 0.544. The lowest BCUT2D eigenvalue weighted by atomic mass is 10.1. The summed E-state index contributed by atoms with van der Waals surface area (Å²) in [6.07, 6.45) is 0.977. The Kier molecular flexibility index (Phi) is 8.41. The van der Waals surface area contributed by atoms with Crippen LogP contribution in [0.15, 0.2) is 42.5 Å². The van der Waals surface area contributed by atoms with E-state index < -0.39 is 33.9 Å². The zero-order chi connectivity index (χ0) is 24.8. The van der Waals surface area contributed by atoms with Crippen LogP contribution in [0.3, 0.4) is 0 Å². The lowest BCUT2D eigenvalue weighted by Gasteiger charge is -2.28. The number of esters is 2. The van der Waals surface area contributed by atoms with E-state index in [1.165, 1.54) is 51.5 Å². The van der Waals surface area contributed by atoms with Crippen LogP contribution in [-0.2, 0) is 24.3 Å². The molecular formula is C22H26N2O8S. The maximum absolute atomic E-state index is 13.0. The van der Waals surface area contributed by atoms with E-state index in [9.17, 15) is 22.8 Å². The molecule has 1 amide bonds. The normalized spacial score (nSPS) is 11.8. The van der Waals surface area contributed by atoms with Crippen molar-refractivity contribution in [2.24, 2.45) is 0 Å². The number of anilines is 2. The van der Waals surface area contributed by atoms with Crippen LogP contribution in [0.4, 0.5) is 11.4 Å². The van der Waals surface area contributed by atoms with Gasteiger partial charge in [-0.15, -0.1) is 0 Å². The van der Waals surface area contributed by atoms with Crippen molar-refractivity contribution in [1.29, 1.82) is 0 Å². The van der Waals surface area contributed by atoms with Crippen molar-refractivity contribution >= 4 is 39.2 Å². The minimum Gasteiger partial charge on any atom is -0.494 e. The number of hydrogen-bond acceptors (Lipinski definition) is 8. The van der Waals surface area contributed by atoms with Crippen molar-refractivity contribution in [3.8, 4) is 5.75 Å². The second kappa shape index (κ2) is 10.8. The summed E-state index contributed by atoms with van der Waals surface area (Å²) in [5, 5.41) is 2.52. The summed E-state index contributed by atoms with van der Waals surface area (Å²) in [5.41, 5.74) is 0.291. The Bertz CT molecular complexity index is 1130. The number of carbonyl (C=O) groups is 3. The first-order valence-electron chi connectivity index (χ1n) is 9.87. The predicted molar refractivity (Wildman–Crippen MR) is 122 cm³/mol. The van der Waals surface area contributed by atoms with E-state index in [1.807, 2.05) is 6.92 Å². The van der Waals surface area contributed by atoms with Crippen LogP contribution in [-0.4, -0.2) is 59.4 Å². The van der Waals surface area contributed by atoms with Crippen molar-refractivity contribution in [1.82, 2.24) is 0 Å². The molecule has 0 aliphatic heterocycles. The molecule has 10 nitrogen and oxygen atoms in total. The zero-order valence-electron chi connectivity index (χ0n) is 18.9. The SMILES string of the molecule is CCOc1ccc(N([C@@H](C)C(=O)Nc2cc(C(=O)OC)ccc2C(=O)OC)S(C)(=O)=O)cc1. The van der Waals surface area contributed by atoms with Crippen molar-refractivity contribution in [2.75, 3.05) is 36.7 Å². The van der Waals surface area contributed by atoms with Gasteiger partial charge in [-0.3, -0.25) is 9.10 Å². The van der Waals surface area contributed by atoms with E-state index in [2.05, 4.69) is 10.1 Å². The molecule has 0 aliphatic rings. The minimum absolute atomic E-state index is 0.0160. The van der Waals surface area contributed by atoms with Gasteiger partial charge in [0.25, 0.3) is 0 Å². The van der Waals surface area contributed by atoms with E-state index in [0.29, 0.717) is 12.4 Å². The van der Waals surface area contributed by atoms with Crippen LogP contribution in [0.25, 0.3) is 0 Å². The Morgan fingerprint density at radius 3 is 2.12 bits per heavy atom. The maximum atomic E-state index is 13.0. The average molecular weight is 479 g/mol. The van der Waals surface area contributed by atoms with Gasteiger partial charge >= 0.3 is 11.9 Å². The van der Waals surface area contributed by atoms with Crippen LogP contribution in [0.5, 0.6) is 5.75 Å². The molecule has 33 heavy (non-hydrogen) atoms. The summed E-state index contributed by atoms with van der Waals surface area (Å²) < 4.78 is 40.8. The van der Waals surface area contributed by atoms with Crippen molar-refractivity contribution < 1.29 is 37.0 Å². The van der Waals surface area contributed by atoms with E-state index in [-0.39, 0.29) is 22.5 Å². The Balaban J connectivity index is 2.42. The van der Waals surface area contributed by atoms with Crippen molar-refractivity contribution in [3.05, 3.63) is 53.6 Å². The highest BCUT2D eigenvalue weighted by molar-refractivity contribution is 7.92. The lowest BCUT2D eigenvalue weighted by molar-refractivity contribution is -0.116. The molecule has 1 atom stereocenters. The minimum atomic E-state index is -3.87. The molecule has 0 aromatic heterocycles. The summed E-state index contributed by atoms with van der Waals surface area (Å²) in [6.45, 7) is 3.66. The van der Waals surface area contributed by atoms with Crippen LogP contribution in [0.1, 0.15) is 34.6 Å². The largest absolute Gasteiger partial charge is 0.494 e. The molecule has 2 rings (SSSR count). The first-order valence-corrected chi connectivity index (χ1v) is 11.7. The maximum Gasteiger partial charge on any atom is 0.339 e. The van der Waals surface area contributed by atoms with Gasteiger partial charge in [-0.1, -0.05) is 0 Å². The van der Waals surface area contributed by atoms with E-state index in [0.717, 1.165) is 10.6 Å². The monoisotopic (exact) mass is 478 g/mol. The molecule has 0 saturated carbocycles. The van der Waals surface area contributed by atoms with Crippen LogP contribution < -0.4 is 14.4 Å². The summed E-state index contributed by atoms with van der Waals surface area (Å²) in [5.74, 6) is -1.61. The summed E-state index contributed by atoms with van der Waals surface area (Å²) in [6, 6.07) is 8.93. The molecule has 0 heterocycles. The number of nitrogens with zero attached hydrogens (tertiary/aromatic N) is 1. The lowest BCUT2D eigenvalue weighted by Crippen LogP contribution is -2.45. The highest BCUT2D eigenvalue weighted by atomic mass is 32.2. The molecule has 178 valence electrons. The molecule has 0 bridgehead atoms. The van der Waals surface area contributed by atoms with Crippen molar-refractivity contribution in [2.45, 2.75) is 19.9 Å². The standard InChI is InChI=1S/C22H26N2O8S/c1-6-32-17-10-8-16(9-11-17)24(33(5,28)29)14(2)20(25)23-19-13-15(21(26)30-3)7-12-18(19)22(27)31-4/h7-14H,6H2,1-5H3,(H,23,25)/t14-/m0/s1. The third kappa shape index (κ3) is 6.22. The van der Waals surface area contributed by atoms with Gasteiger partial charge in [0.1, 0.15) is 11.8 Å². The molecule has 0 aliphatic carbocycles. The molecule has 0 unspecified atom stereocenters. The highest BCUT2D eigenvalue weighted by Crippen LogP contribution is 2.26. The Hall–Kier alpha value is -3.60. The van der Waals surface area contributed by atoms with Gasteiger partial charge in [-0.25, -0.2) is 18.0 Å². The van der Waals surface area contributed by atoms with E-state index in [4.69, 9.17) is 9.47 Å². The number of benzene rings is 2. The third-order valence-corrected chi connectivity index (χ3v) is 5.84. The second-order valence-corrected chi connectivity index (χ2v) is 8.75. The van der Waals surface area contributed by atoms with Gasteiger partial charge < -0.3 is 19.5 Å². The van der Waals surface area contributed by atoms with Gasteiger partial charge in [-0.2, -0.15) is 0 Å². The second-order valence-electron chi connectivity index (χ2n) is 6.89. The summed E-state index contributed by atoms with van der Waals surface area (Å²) >= 11 is 0. The molecule has 0 spiro atoms. The summed E-state index contributed by atoms with van der Waals surface area (Å²) in [7, 11) is -1.51. The molecule has 0 radical (unpaired) electrons. The summed E-state index contributed by atoms with van der Waals surface area (Å²) in [4.78, 5) is 37.1. The Labute approximate surface area is 192 Å². The number of methoxy groups -OCH3 is 2. The fraction of sp³-hybridized carbons (Fsp3) is 0.318. The van der Waals surface area contributed by atoms with Gasteiger partial charge in [0, 0.05) is 0 Å². The number of hydrogen-bond donors (Lipinski definition) is 1. The average Bonchev–Trinajstić information content (AvgIpc) is 2.78. The molecule has 1 N–H and O–H groups in total. The van der Waals surface area contributed by atoms with Crippen LogP contribution in [0, 0.1) is 0 Å². The van der Waals surface area contributed by atoms with Crippen molar-refractivity contribution in [3.63, 3.8) is 0 Å². The highest BCUT2D eigenvalue weighted by Gasteiger charge is 2.30.